The Labute approximate surface area is 75.7 Å². The van der Waals surface area contributed by atoms with Crippen LogP contribution in [0.1, 0.15) is 0 Å². The highest BCUT2D eigenvalue weighted by molar-refractivity contribution is 7.19. The number of cyclic esters (lactones) is 1. The van der Waals surface area contributed by atoms with Gasteiger partial charge in [0, 0.05) is 0 Å². The first-order chi connectivity index (χ1) is 5.93. The average molecular weight is 208 g/mol. The lowest BCUT2D eigenvalue weighted by Crippen LogP contribution is -2.41. The summed E-state index contributed by atoms with van der Waals surface area (Å²) in [5, 5.41) is 34.0. The van der Waals surface area contributed by atoms with E-state index in [0.29, 0.717) is 0 Å². The summed E-state index contributed by atoms with van der Waals surface area (Å²) < 4.78 is 4.47. The van der Waals surface area contributed by atoms with E-state index in [2.05, 4.69) is 4.74 Å². The first-order valence-corrected chi connectivity index (χ1v) is 3.95. The highest BCUT2D eigenvalue weighted by atomic mass is 31.0. The molecule has 3 atom stereocenters. The Morgan fingerprint density at radius 2 is 2.08 bits per heavy atom. The van der Waals surface area contributed by atoms with Gasteiger partial charge in [0.1, 0.15) is 6.10 Å². The molecule has 0 saturated carbocycles. The van der Waals surface area contributed by atoms with Crippen molar-refractivity contribution in [3.05, 3.63) is 11.5 Å². The number of esters is 1. The monoisotopic (exact) mass is 208 g/mol. The van der Waals surface area contributed by atoms with Crippen molar-refractivity contribution in [3.63, 3.8) is 0 Å². The van der Waals surface area contributed by atoms with Crippen molar-refractivity contribution in [2.45, 2.75) is 11.4 Å². The quantitative estimate of drug-likeness (QED) is 0.335. The van der Waals surface area contributed by atoms with Gasteiger partial charge in [0.05, 0.1) is 6.61 Å². The zero-order valence-electron chi connectivity index (χ0n) is 6.47. The second-order valence-corrected chi connectivity index (χ2v) is 3.44. The molecule has 1 unspecified atom stereocenters. The Balaban J connectivity index is 3.03. The van der Waals surface area contributed by atoms with Crippen LogP contribution in [0.5, 0.6) is 0 Å². The molecular formula is C6H9O6P. The lowest BCUT2D eigenvalue weighted by molar-refractivity contribution is -0.151. The van der Waals surface area contributed by atoms with Crippen molar-refractivity contribution in [1.29, 1.82) is 0 Å². The standard InChI is InChI=1S/C6H9O6P/c7-1-2(8)6(13)4(10)3(9)5(11)12-6/h2,7-10H,1,13H2/t2-,6-/m0/s1. The maximum absolute atomic E-state index is 10.7. The molecule has 0 aromatic heterocycles. The number of aliphatic hydroxyl groups excluding tert-OH is 4. The van der Waals surface area contributed by atoms with Gasteiger partial charge in [-0.3, -0.25) is 0 Å². The third-order valence-electron chi connectivity index (χ3n) is 1.72. The first kappa shape index (κ1) is 10.2. The molecule has 7 heteroatoms. The molecule has 13 heavy (non-hydrogen) atoms. The molecule has 1 aliphatic rings. The maximum atomic E-state index is 10.7. The number of aliphatic hydroxyl groups is 4. The second-order valence-electron chi connectivity index (χ2n) is 2.58. The topological polar surface area (TPSA) is 107 Å². The molecule has 0 amide bonds. The fraction of sp³-hybridized carbons (Fsp3) is 0.500. The van der Waals surface area contributed by atoms with Gasteiger partial charge in [0.25, 0.3) is 0 Å². The SMILES string of the molecule is O=C1O[C@](P)([C@@H](O)CO)C(O)=C1O. The van der Waals surface area contributed by atoms with Crippen LogP contribution in [0.25, 0.3) is 0 Å². The van der Waals surface area contributed by atoms with Crippen LogP contribution in [-0.4, -0.2) is 44.4 Å². The number of carbonyl (C=O) groups is 1. The minimum Gasteiger partial charge on any atom is -0.505 e. The predicted molar refractivity (Wildman–Crippen MR) is 43.9 cm³/mol. The summed E-state index contributed by atoms with van der Waals surface area (Å²) in [5.74, 6) is -2.90. The van der Waals surface area contributed by atoms with Gasteiger partial charge in [-0.1, -0.05) is 9.24 Å². The molecule has 1 rings (SSSR count). The molecule has 74 valence electrons. The van der Waals surface area contributed by atoms with Crippen molar-refractivity contribution in [2.75, 3.05) is 6.61 Å². The first-order valence-electron chi connectivity index (χ1n) is 3.37. The van der Waals surface area contributed by atoms with E-state index in [4.69, 9.17) is 15.3 Å². The van der Waals surface area contributed by atoms with Crippen LogP contribution >= 0.6 is 9.24 Å². The summed E-state index contributed by atoms with van der Waals surface area (Å²) in [4.78, 5) is 10.7. The molecule has 0 radical (unpaired) electrons. The smallest absolute Gasteiger partial charge is 0.378 e. The van der Waals surface area contributed by atoms with Crippen molar-refractivity contribution < 1.29 is 30.0 Å². The van der Waals surface area contributed by atoms with Crippen LogP contribution in [0.4, 0.5) is 0 Å². The van der Waals surface area contributed by atoms with Gasteiger partial charge >= 0.3 is 5.97 Å². The van der Waals surface area contributed by atoms with Crippen LogP contribution in [0.15, 0.2) is 11.5 Å². The van der Waals surface area contributed by atoms with Crippen molar-refractivity contribution in [2.24, 2.45) is 0 Å². The lowest BCUT2D eigenvalue weighted by atomic mass is 10.1. The molecule has 6 nitrogen and oxygen atoms in total. The summed E-state index contributed by atoms with van der Waals surface area (Å²) in [5.41, 5.74) is 0. The van der Waals surface area contributed by atoms with Crippen molar-refractivity contribution in [3.8, 4) is 0 Å². The number of ether oxygens (including phenoxy) is 1. The number of hydrogen-bond donors (Lipinski definition) is 4. The van der Waals surface area contributed by atoms with Crippen LogP contribution in [0.3, 0.4) is 0 Å². The Bertz CT molecular complexity index is 274. The normalized spacial score (nSPS) is 30.5. The summed E-state index contributed by atoms with van der Waals surface area (Å²) >= 11 is 0. The molecular weight excluding hydrogens is 199 g/mol. The molecule has 1 aliphatic heterocycles. The summed E-state index contributed by atoms with van der Waals surface area (Å²) in [6.45, 7) is -0.714. The molecule has 4 N–H and O–H groups in total. The summed E-state index contributed by atoms with van der Waals surface area (Å²) in [6.07, 6.45) is -1.51. The average Bonchev–Trinajstić information content (AvgIpc) is 2.30. The van der Waals surface area contributed by atoms with E-state index >= 15 is 0 Å². The van der Waals surface area contributed by atoms with Gasteiger partial charge in [-0.15, -0.1) is 0 Å². The van der Waals surface area contributed by atoms with Gasteiger partial charge in [-0.2, -0.15) is 0 Å². The Morgan fingerprint density at radius 1 is 1.54 bits per heavy atom. The van der Waals surface area contributed by atoms with E-state index in [9.17, 15) is 9.90 Å². The minimum absolute atomic E-state index is 0.714. The zero-order valence-corrected chi connectivity index (χ0v) is 7.62. The van der Waals surface area contributed by atoms with Crippen LogP contribution in [0.2, 0.25) is 0 Å². The Kier molecular flexibility index (Phi) is 2.47. The van der Waals surface area contributed by atoms with E-state index in [-0.39, 0.29) is 0 Å². The second kappa shape index (κ2) is 3.14. The molecule has 0 aromatic carbocycles. The van der Waals surface area contributed by atoms with E-state index in [1.54, 1.807) is 0 Å². The minimum atomic E-state index is -1.84. The molecule has 0 aromatic rings. The van der Waals surface area contributed by atoms with E-state index in [1.165, 1.54) is 0 Å². The number of rotatable bonds is 2. The molecule has 0 spiro atoms. The Hall–Kier alpha value is -0.840. The van der Waals surface area contributed by atoms with Crippen LogP contribution < -0.4 is 0 Å². The zero-order chi connectivity index (χ0) is 10.2. The molecule has 0 fully saturated rings. The van der Waals surface area contributed by atoms with E-state index < -0.39 is 35.5 Å². The van der Waals surface area contributed by atoms with Gasteiger partial charge < -0.3 is 25.2 Å². The van der Waals surface area contributed by atoms with Crippen LogP contribution in [-0.2, 0) is 9.53 Å². The fourth-order valence-electron chi connectivity index (χ4n) is 0.893. The third kappa shape index (κ3) is 1.37. The molecule has 0 aliphatic carbocycles. The highest BCUT2D eigenvalue weighted by Gasteiger charge is 2.50. The lowest BCUT2D eigenvalue weighted by Gasteiger charge is -2.26. The van der Waals surface area contributed by atoms with E-state index in [1.807, 2.05) is 9.24 Å². The maximum Gasteiger partial charge on any atom is 0.378 e. The fourth-order valence-corrected chi connectivity index (χ4v) is 1.24. The summed E-state index contributed by atoms with van der Waals surface area (Å²) in [6, 6.07) is 0. The number of hydrogen-bond acceptors (Lipinski definition) is 6. The van der Waals surface area contributed by atoms with Crippen molar-refractivity contribution >= 4 is 15.2 Å². The highest BCUT2D eigenvalue weighted by Crippen LogP contribution is 2.38. The number of carbonyl (C=O) groups excluding carboxylic acids is 1. The van der Waals surface area contributed by atoms with Crippen molar-refractivity contribution in [1.82, 2.24) is 0 Å². The van der Waals surface area contributed by atoms with E-state index in [0.717, 1.165) is 0 Å². The molecule has 0 bridgehead atoms. The predicted octanol–water partition coefficient (Wildman–Crippen LogP) is -1.20. The van der Waals surface area contributed by atoms with Gasteiger partial charge in [-0.05, 0) is 0 Å². The third-order valence-corrected chi connectivity index (χ3v) is 2.49. The summed E-state index contributed by atoms with van der Waals surface area (Å²) in [7, 11) is 1.86. The van der Waals surface area contributed by atoms with Gasteiger partial charge in [0.15, 0.2) is 5.76 Å². The van der Waals surface area contributed by atoms with Crippen LogP contribution in [0, 0.1) is 0 Å². The molecule has 1 heterocycles. The molecule has 0 saturated heterocycles. The van der Waals surface area contributed by atoms with Gasteiger partial charge in [-0.25, -0.2) is 4.79 Å². The Morgan fingerprint density at radius 3 is 2.38 bits per heavy atom. The largest absolute Gasteiger partial charge is 0.505 e. The van der Waals surface area contributed by atoms with Gasteiger partial charge in [0.2, 0.25) is 11.1 Å².